The molecule has 0 atom stereocenters. The fraction of sp³-hybridized carbons (Fsp3) is 0.333. The van der Waals surface area contributed by atoms with Gasteiger partial charge < -0.3 is 5.73 Å². The third-order valence-corrected chi connectivity index (χ3v) is 3.95. The maximum absolute atomic E-state index is 12.6. The van der Waals surface area contributed by atoms with Gasteiger partial charge in [-0.05, 0) is 18.2 Å². The summed E-state index contributed by atoms with van der Waals surface area (Å²) in [5.74, 6) is -4.46. The molecular weight excluding hydrogens is 312 g/mol. The minimum absolute atomic E-state index is 0.168. The Morgan fingerprint density at radius 3 is 2.42 bits per heavy atom. The van der Waals surface area contributed by atoms with Crippen molar-refractivity contribution in [2.24, 2.45) is 0 Å². The normalized spacial score (nSPS) is 12.9. The van der Waals surface area contributed by atoms with Crippen LogP contribution in [0.5, 0.6) is 0 Å². The molecule has 0 aliphatic rings. The second-order valence-electron chi connectivity index (χ2n) is 3.58. The van der Waals surface area contributed by atoms with Gasteiger partial charge >= 0.3 is 12.3 Å². The van der Waals surface area contributed by atoms with E-state index < -0.39 is 33.8 Å². The maximum atomic E-state index is 12.6. The van der Waals surface area contributed by atoms with E-state index in [-0.39, 0.29) is 10.7 Å². The molecule has 0 saturated carbocycles. The summed E-state index contributed by atoms with van der Waals surface area (Å²) >= 11 is 5.59. The summed E-state index contributed by atoms with van der Waals surface area (Å²) in [4.78, 5) is -0.520. The van der Waals surface area contributed by atoms with Crippen LogP contribution in [-0.4, -0.2) is 27.3 Å². The second-order valence-corrected chi connectivity index (χ2v) is 5.72. The van der Waals surface area contributed by atoms with Crippen molar-refractivity contribution in [3.05, 3.63) is 23.2 Å². The van der Waals surface area contributed by atoms with Crippen LogP contribution in [0.3, 0.4) is 0 Å². The van der Waals surface area contributed by atoms with Gasteiger partial charge in [-0.15, -0.1) is 0 Å². The minimum atomic E-state index is -4.46. The molecule has 3 N–H and O–H groups in total. The molecule has 0 heterocycles. The molecule has 0 aliphatic carbocycles. The van der Waals surface area contributed by atoms with Crippen LogP contribution >= 0.6 is 11.6 Å². The van der Waals surface area contributed by atoms with E-state index >= 15 is 0 Å². The zero-order valence-electron chi connectivity index (χ0n) is 9.21. The van der Waals surface area contributed by atoms with Crippen LogP contribution < -0.4 is 10.5 Å². The van der Waals surface area contributed by atoms with Crippen molar-refractivity contribution >= 4 is 27.3 Å². The maximum Gasteiger partial charge on any atom is 0.320 e. The molecule has 108 valence electrons. The van der Waals surface area contributed by atoms with Crippen molar-refractivity contribution < 1.29 is 26.0 Å². The van der Waals surface area contributed by atoms with Gasteiger partial charge in [0.2, 0.25) is 10.0 Å². The third-order valence-electron chi connectivity index (χ3n) is 2.06. The number of rotatable bonds is 5. The number of hydrogen-bond acceptors (Lipinski definition) is 3. The first kappa shape index (κ1) is 16.0. The lowest BCUT2D eigenvalue weighted by Crippen LogP contribution is -2.41. The predicted octanol–water partition coefficient (Wildman–Crippen LogP) is 2.10. The topological polar surface area (TPSA) is 72.2 Å². The predicted molar refractivity (Wildman–Crippen MR) is 62.0 cm³/mol. The van der Waals surface area contributed by atoms with Crippen molar-refractivity contribution in [1.29, 1.82) is 0 Å². The number of nitrogens with one attached hydrogen (secondary N) is 1. The molecule has 1 rings (SSSR count). The summed E-state index contributed by atoms with van der Waals surface area (Å²) in [6, 6.07) is 3.27. The van der Waals surface area contributed by atoms with E-state index in [1.54, 1.807) is 0 Å². The molecule has 0 fully saturated rings. The highest BCUT2D eigenvalue weighted by atomic mass is 35.5. The molecule has 4 nitrogen and oxygen atoms in total. The molecule has 0 unspecified atom stereocenters. The highest BCUT2D eigenvalue weighted by molar-refractivity contribution is 7.89. The number of hydrogen-bond donors (Lipinski definition) is 2. The van der Waals surface area contributed by atoms with Crippen LogP contribution in [-0.2, 0) is 10.0 Å². The van der Waals surface area contributed by atoms with Gasteiger partial charge in [-0.2, -0.15) is 8.78 Å². The largest absolute Gasteiger partial charge is 0.399 e. The van der Waals surface area contributed by atoms with Gasteiger partial charge in [0.05, 0.1) is 11.6 Å². The zero-order valence-corrected chi connectivity index (χ0v) is 10.8. The van der Waals surface area contributed by atoms with Crippen LogP contribution in [0.25, 0.3) is 0 Å². The van der Waals surface area contributed by atoms with E-state index in [9.17, 15) is 26.0 Å². The number of nitrogens with two attached hydrogens (primary N) is 1. The van der Waals surface area contributed by atoms with Crippen LogP contribution in [0.2, 0.25) is 5.02 Å². The smallest absolute Gasteiger partial charge is 0.320 e. The first-order valence-electron chi connectivity index (χ1n) is 4.77. The van der Waals surface area contributed by atoms with Crippen LogP contribution in [0.15, 0.2) is 23.1 Å². The molecule has 0 aliphatic heterocycles. The molecule has 1 aromatic carbocycles. The summed E-state index contributed by atoms with van der Waals surface area (Å²) in [5.41, 5.74) is 5.50. The van der Waals surface area contributed by atoms with Crippen LogP contribution in [0, 0.1) is 0 Å². The van der Waals surface area contributed by atoms with Crippen molar-refractivity contribution in [3.63, 3.8) is 0 Å². The highest BCUT2D eigenvalue weighted by Crippen LogP contribution is 2.25. The average molecular weight is 321 g/mol. The van der Waals surface area contributed by atoms with E-state index in [1.807, 2.05) is 0 Å². The lowest BCUT2D eigenvalue weighted by molar-refractivity contribution is -0.122. The van der Waals surface area contributed by atoms with E-state index in [1.165, 1.54) is 10.8 Å². The SMILES string of the molecule is Nc1ccc(S(=O)(=O)NCC(F)(F)C(F)F)c(Cl)c1. The van der Waals surface area contributed by atoms with Crippen molar-refractivity contribution in [3.8, 4) is 0 Å². The number of benzene rings is 1. The van der Waals surface area contributed by atoms with Gasteiger partial charge in [0, 0.05) is 5.69 Å². The number of alkyl halides is 4. The van der Waals surface area contributed by atoms with E-state index in [4.69, 9.17) is 17.3 Å². The number of anilines is 1. The summed E-state index contributed by atoms with van der Waals surface area (Å²) in [5, 5.41) is -0.298. The zero-order chi connectivity index (χ0) is 14.8. The number of halogens is 5. The highest BCUT2D eigenvalue weighted by Gasteiger charge is 2.41. The van der Waals surface area contributed by atoms with E-state index in [0.29, 0.717) is 0 Å². The van der Waals surface area contributed by atoms with Crippen molar-refractivity contribution in [1.82, 2.24) is 4.72 Å². The molecule has 0 bridgehead atoms. The Labute approximate surface area is 111 Å². The first-order chi connectivity index (χ1) is 8.56. The molecule has 0 aromatic heterocycles. The van der Waals surface area contributed by atoms with Gasteiger partial charge in [-0.25, -0.2) is 21.9 Å². The first-order valence-corrected chi connectivity index (χ1v) is 6.63. The minimum Gasteiger partial charge on any atom is -0.399 e. The Hall–Kier alpha value is -1.06. The molecule has 0 spiro atoms. The van der Waals surface area contributed by atoms with Crippen LogP contribution in [0.4, 0.5) is 23.2 Å². The fourth-order valence-electron chi connectivity index (χ4n) is 1.08. The summed E-state index contributed by atoms with van der Waals surface area (Å²) < 4.78 is 73.7. The lowest BCUT2D eigenvalue weighted by atomic mass is 10.3. The standard InChI is InChI=1S/C9H9ClF4N2O2S/c10-6-3-5(15)1-2-7(6)19(17,18)16-4-9(13,14)8(11)12/h1-3,8,16H,4,15H2. The summed E-state index contributed by atoms with van der Waals surface area (Å²) in [6.45, 7) is -1.73. The second kappa shape index (κ2) is 5.51. The Kier molecular flexibility index (Phi) is 4.64. The Balaban J connectivity index is 2.94. The third kappa shape index (κ3) is 3.95. The van der Waals surface area contributed by atoms with Crippen molar-refractivity contribution in [2.45, 2.75) is 17.2 Å². The fourth-order valence-corrected chi connectivity index (χ4v) is 2.68. The molecule has 10 heteroatoms. The summed E-state index contributed by atoms with van der Waals surface area (Å²) in [6.07, 6.45) is -3.97. The monoisotopic (exact) mass is 320 g/mol. The Bertz CT molecular complexity index is 565. The lowest BCUT2D eigenvalue weighted by Gasteiger charge is -2.16. The molecule has 0 saturated heterocycles. The van der Waals surface area contributed by atoms with Gasteiger partial charge in [0.15, 0.2) is 0 Å². The van der Waals surface area contributed by atoms with Gasteiger partial charge in [0.1, 0.15) is 4.90 Å². The molecule has 0 amide bonds. The Morgan fingerprint density at radius 2 is 1.95 bits per heavy atom. The molecule has 19 heavy (non-hydrogen) atoms. The number of nitrogen functional groups attached to an aromatic ring is 1. The van der Waals surface area contributed by atoms with Crippen molar-refractivity contribution in [2.75, 3.05) is 12.3 Å². The Morgan fingerprint density at radius 1 is 1.37 bits per heavy atom. The van der Waals surface area contributed by atoms with Gasteiger partial charge in [-0.3, -0.25) is 0 Å². The molecular formula is C9H9ClF4N2O2S. The average Bonchev–Trinajstić information content (AvgIpc) is 2.26. The quantitative estimate of drug-likeness (QED) is 0.644. The van der Waals surface area contributed by atoms with E-state index in [0.717, 1.165) is 12.1 Å². The van der Waals surface area contributed by atoms with E-state index in [2.05, 4.69) is 0 Å². The number of sulfonamides is 1. The molecule has 0 radical (unpaired) electrons. The van der Waals surface area contributed by atoms with Gasteiger partial charge in [0.25, 0.3) is 0 Å². The van der Waals surface area contributed by atoms with Gasteiger partial charge in [-0.1, -0.05) is 11.6 Å². The summed E-state index contributed by atoms with van der Waals surface area (Å²) in [7, 11) is -4.43. The van der Waals surface area contributed by atoms with Crippen LogP contribution in [0.1, 0.15) is 0 Å². The molecule has 1 aromatic rings.